The zero-order chi connectivity index (χ0) is 13.5. The van der Waals surface area contributed by atoms with Gasteiger partial charge >= 0.3 is 0 Å². The van der Waals surface area contributed by atoms with Crippen molar-refractivity contribution in [1.82, 2.24) is 4.90 Å². The summed E-state index contributed by atoms with van der Waals surface area (Å²) >= 11 is 5.54. The molecule has 0 saturated carbocycles. The first-order valence-electron chi connectivity index (χ1n) is 6.25. The molecule has 0 aliphatic heterocycles. The van der Waals surface area contributed by atoms with Crippen LogP contribution in [-0.2, 0) is 13.1 Å². The summed E-state index contributed by atoms with van der Waals surface area (Å²) in [7, 11) is 2.19. The third kappa shape index (κ3) is 4.92. The Balaban J connectivity index is 2.61. The predicted molar refractivity (Wildman–Crippen MR) is 86.0 cm³/mol. The first-order valence-corrected chi connectivity index (χ1v) is 8.43. The highest BCUT2D eigenvalue weighted by atomic mass is 79.9. The summed E-state index contributed by atoms with van der Waals surface area (Å²) in [5.41, 5.74) is 8.13. The fraction of sp³-hybridized carbons (Fsp3) is 0.571. The van der Waals surface area contributed by atoms with Gasteiger partial charge in [0.05, 0.1) is 0 Å². The van der Waals surface area contributed by atoms with Crippen LogP contribution in [0.3, 0.4) is 0 Å². The van der Waals surface area contributed by atoms with E-state index < -0.39 is 0 Å². The van der Waals surface area contributed by atoms with Crippen molar-refractivity contribution < 1.29 is 0 Å². The lowest BCUT2D eigenvalue weighted by molar-refractivity contribution is 0.244. The summed E-state index contributed by atoms with van der Waals surface area (Å²) in [5, 5.41) is 0. The van der Waals surface area contributed by atoms with Crippen molar-refractivity contribution in [2.45, 2.75) is 32.5 Å². The number of hydrogen-bond acceptors (Lipinski definition) is 3. The second-order valence-corrected chi connectivity index (χ2v) is 6.52. The Labute approximate surface area is 123 Å². The van der Waals surface area contributed by atoms with Gasteiger partial charge in [0.15, 0.2) is 0 Å². The number of benzene rings is 1. The first-order chi connectivity index (χ1) is 8.58. The normalized spacial score (nSPS) is 13.0. The maximum absolute atomic E-state index is 5.64. The van der Waals surface area contributed by atoms with Crippen LogP contribution in [0.1, 0.15) is 24.5 Å². The molecule has 4 heteroatoms. The van der Waals surface area contributed by atoms with Crippen molar-refractivity contribution in [3.05, 3.63) is 33.8 Å². The van der Waals surface area contributed by atoms with Crippen molar-refractivity contribution in [3.63, 3.8) is 0 Å². The minimum absolute atomic E-state index is 0.596. The van der Waals surface area contributed by atoms with Crippen molar-refractivity contribution in [1.29, 1.82) is 0 Å². The SMILES string of the molecule is CSCCC(C)N(C)Cc1ccc(CN)cc1Br. The molecule has 1 aromatic rings. The molecule has 0 aromatic heterocycles. The third-order valence-corrected chi connectivity index (χ3v) is 4.65. The average molecular weight is 331 g/mol. The fourth-order valence-corrected chi connectivity index (χ4v) is 2.91. The zero-order valence-corrected chi connectivity index (χ0v) is 13.9. The summed E-state index contributed by atoms with van der Waals surface area (Å²) in [6, 6.07) is 7.01. The largest absolute Gasteiger partial charge is 0.326 e. The molecule has 0 bridgehead atoms. The third-order valence-electron chi connectivity index (χ3n) is 3.27. The fourth-order valence-electron chi connectivity index (χ4n) is 1.78. The molecule has 18 heavy (non-hydrogen) atoms. The standard InChI is InChI=1S/C14H23BrN2S/c1-11(6-7-18-3)17(2)10-13-5-4-12(9-16)8-14(13)15/h4-5,8,11H,6-7,9-10,16H2,1-3H3. The Kier molecular flexibility index (Phi) is 7.30. The van der Waals surface area contributed by atoms with Gasteiger partial charge in [-0.3, -0.25) is 4.90 Å². The van der Waals surface area contributed by atoms with Gasteiger partial charge in [-0.15, -0.1) is 0 Å². The molecule has 1 atom stereocenters. The number of hydrogen-bond donors (Lipinski definition) is 1. The monoisotopic (exact) mass is 330 g/mol. The van der Waals surface area contributed by atoms with E-state index in [9.17, 15) is 0 Å². The van der Waals surface area contributed by atoms with Gasteiger partial charge in [0.1, 0.15) is 0 Å². The molecule has 0 aliphatic carbocycles. The number of rotatable bonds is 7. The van der Waals surface area contributed by atoms with Crippen LogP contribution >= 0.6 is 27.7 Å². The Morgan fingerprint density at radius 3 is 2.72 bits per heavy atom. The summed E-state index contributed by atoms with van der Waals surface area (Å²) in [5.74, 6) is 1.22. The van der Waals surface area contributed by atoms with Gasteiger partial charge in [-0.05, 0) is 49.6 Å². The molecule has 1 aromatic carbocycles. The molecule has 0 fully saturated rings. The van der Waals surface area contributed by atoms with Gasteiger partial charge in [-0.1, -0.05) is 28.1 Å². The van der Waals surface area contributed by atoms with Crippen molar-refractivity contribution in [2.75, 3.05) is 19.1 Å². The highest BCUT2D eigenvalue weighted by Crippen LogP contribution is 2.21. The van der Waals surface area contributed by atoms with Crippen LogP contribution in [0.25, 0.3) is 0 Å². The van der Waals surface area contributed by atoms with Gasteiger partial charge in [-0.25, -0.2) is 0 Å². The number of nitrogens with two attached hydrogens (primary N) is 1. The molecule has 2 nitrogen and oxygen atoms in total. The summed E-state index contributed by atoms with van der Waals surface area (Å²) in [6.07, 6.45) is 3.39. The van der Waals surface area contributed by atoms with E-state index in [1.165, 1.54) is 23.3 Å². The minimum Gasteiger partial charge on any atom is -0.326 e. The molecular formula is C14H23BrN2S. The van der Waals surface area contributed by atoms with Gasteiger partial charge in [0.25, 0.3) is 0 Å². The Hall–Kier alpha value is -0.0300. The predicted octanol–water partition coefficient (Wildman–Crippen LogP) is 3.48. The summed E-state index contributed by atoms with van der Waals surface area (Å²) < 4.78 is 1.16. The topological polar surface area (TPSA) is 29.3 Å². The zero-order valence-electron chi connectivity index (χ0n) is 11.4. The van der Waals surface area contributed by atoms with Crippen molar-refractivity contribution >= 4 is 27.7 Å². The van der Waals surface area contributed by atoms with Crippen LogP contribution in [0.2, 0.25) is 0 Å². The molecule has 0 amide bonds. The maximum Gasteiger partial charge on any atom is 0.0244 e. The summed E-state index contributed by atoms with van der Waals surface area (Å²) in [6.45, 7) is 3.86. The smallest absolute Gasteiger partial charge is 0.0244 e. The van der Waals surface area contributed by atoms with Crippen LogP contribution in [0.15, 0.2) is 22.7 Å². The number of halogens is 1. The minimum atomic E-state index is 0.596. The molecule has 0 saturated heterocycles. The molecule has 2 N–H and O–H groups in total. The lowest BCUT2D eigenvalue weighted by Crippen LogP contribution is -2.29. The van der Waals surface area contributed by atoms with E-state index >= 15 is 0 Å². The lowest BCUT2D eigenvalue weighted by Gasteiger charge is -2.25. The van der Waals surface area contributed by atoms with Crippen LogP contribution in [0, 0.1) is 0 Å². The number of thioether (sulfide) groups is 1. The first kappa shape index (κ1) is 16.0. The van der Waals surface area contributed by atoms with Gasteiger partial charge in [-0.2, -0.15) is 11.8 Å². The molecule has 0 radical (unpaired) electrons. The lowest BCUT2D eigenvalue weighted by atomic mass is 10.1. The van der Waals surface area contributed by atoms with Gasteiger partial charge in [0.2, 0.25) is 0 Å². The number of nitrogens with zero attached hydrogens (tertiary/aromatic N) is 1. The second kappa shape index (κ2) is 8.20. The Morgan fingerprint density at radius 2 is 2.17 bits per heavy atom. The van der Waals surface area contributed by atoms with E-state index in [0.717, 1.165) is 11.0 Å². The molecular weight excluding hydrogens is 308 g/mol. The Morgan fingerprint density at radius 1 is 1.44 bits per heavy atom. The van der Waals surface area contributed by atoms with E-state index in [1.807, 2.05) is 11.8 Å². The van der Waals surface area contributed by atoms with Crippen molar-refractivity contribution in [2.24, 2.45) is 5.73 Å². The highest BCUT2D eigenvalue weighted by Gasteiger charge is 2.11. The van der Waals surface area contributed by atoms with Gasteiger partial charge in [0, 0.05) is 23.6 Å². The molecule has 1 unspecified atom stereocenters. The van der Waals surface area contributed by atoms with Crippen LogP contribution in [0.4, 0.5) is 0 Å². The molecule has 102 valence electrons. The van der Waals surface area contributed by atoms with E-state index in [4.69, 9.17) is 5.73 Å². The van der Waals surface area contributed by atoms with E-state index in [2.05, 4.69) is 59.3 Å². The highest BCUT2D eigenvalue weighted by molar-refractivity contribution is 9.10. The van der Waals surface area contributed by atoms with Gasteiger partial charge < -0.3 is 5.73 Å². The molecule has 1 rings (SSSR count). The quantitative estimate of drug-likeness (QED) is 0.829. The van der Waals surface area contributed by atoms with E-state index in [1.54, 1.807) is 0 Å². The van der Waals surface area contributed by atoms with E-state index in [0.29, 0.717) is 12.6 Å². The summed E-state index contributed by atoms with van der Waals surface area (Å²) in [4.78, 5) is 2.40. The van der Waals surface area contributed by atoms with E-state index in [-0.39, 0.29) is 0 Å². The molecule has 0 aliphatic rings. The van der Waals surface area contributed by atoms with Crippen LogP contribution in [0.5, 0.6) is 0 Å². The van der Waals surface area contributed by atoms with Crippen LogP contribution < -0.4 is 5.73 Å². The second-order valence-electron chi connectivity index (χ2n) is 4.68. The van der Waals surface area contributed by atoms with Crippen LogP contribution in [-0.4, -0.2) is 30.0 Å². The molecule has 0 heterocycles. The van der Waals surface area contributed by atoms with Crippen molar-refractivity contribution in [3.8, 4) is 0 Å². The Bertz CT molecular complexity index is 371. The average Bonchev–Trinajstić information content (AvgIpc) is 2.38. The maximum atomic E-state index is 5.64. The molecule has 0 spiro atoms.